The molecule has 5 unspecified atom stereocenters. The fraction of sp³-hybridized carbons (Fsp3) is 0.944. The summed E-state index contributed by atoms with van der Waals surface area (Å²) in [6.07, 6.45) is 13.8. The highest BCUT2D eigenvalue weighted by atomic mass is 35.5. The van der Waals surface area contributed by atoms with E-state index in [0.29, 0.717) is 23.1 Å². The van der Waals surface area contributed by atoms with E-state index in [1.165, 1.54) is 44.9 Å². The molecule has 0 heterocycles. The lowest BCUT2D eigenvalue weighted by Gasteiger charge is -2.39. The quantitative estimate of drug-likeness (QED) is 0.764. The van der Waals surface area contributed by atoms with Gasteiger partial charge in [0.15, 0.2) is 0 Å². The van der Waals surface area contributed by atoms with Crippen molar-refractivity contribution in [3.63, 3.8) is 0 Å². The number of halogens is 1. The Morgan fingerprint density at radius 1 is 0.905 bits per heavy atom. The zero-order chi connectivity index (χ0) is 14.7. The average Bonchev–Trinajstić information content (AvgIpc) is 2.52. The number of nitrogens with one attached hydrogen (secondary N) is 1. The maximum absolute atomic E-state index is 12.5. The monoisotopic (exact) mass is 311 g/mol. The van der Waals surface area contributed by atoms with Crippen molar-refractivity contribution in [2.24, 2.45) is 23.7 Å². The van der Waals surface area contributed by atoms with E-state index in [4.69, 9.17) is 11.6 Å². The summed E-state index contributed by atoms with van der Waals surface area (Å²) >= 11 is 6.24. The molecule has 0 aromatic heterocycles. The predicted octanol–water partition coefficient (Wildman–Crippen LogP) is 4.51. The standard InChI is InChI=1S/C18H30ClNO/c19-17-7-3-4-13(10-17)12-20-18(21)16-9-8-14-5-1-2-6-15(14)11-16/h13-17H,1-12H2,(H,20,21). The number of rotatable bonds is 3. The molecule has 0 radical (unpaired) electrons. The predicted molar refractivity (Wildman–Crippen MR) is 87.4 cm³/mol. The summed E-state index contributed by atoms with van der Waals surface area (Å²) in [4.78, 5) is 12.5. The zero-order valence-electron chi connectivity index (χ0n) is 13.2. The minimum atomic E-state index is 0.291. The van der Waals surface area contributed by atoms with Gasteiger partial charge in [-0.05, 0) is 56.3 Å². The van der Waals surface area contributed by atoms with Gasteiger partial charge in [-0.3, -0.25) is 4.79 Å². The number of carbonyl (C=O) groups is 1. The van der Waals surface area contributed by atoms with Crippen molar-refractivity contribution in [1.29, 1.82) is 0 Å². The number of hydrogen-bond donors (Lipinski definition) is 1. The van der Waals surface area contributed by atoms with Gasteiger partial charge in [-0.1, -0.05) is 32.1 Å². The van der Waals surface area contributed by atoms with Crippen LogP contribution in [0.25, 0.3) is 0 Å². The third kappa shape index (κ3) is 4.15. The minimum absolute atomic E-state index is 0.291. The second kappa shape index (κ2) is 7.35. The van der Waals surface area contributed by atoms with Gasteiger partial charge >= 0.3 is 0 Å². The number of hydrogen-bond acceptors (Lipinski definition) is 1. The molecule has 1 N–H and O–H groups in total. The van der Waals surface area contributed by atoms with Crippen LogP contribution in [0, 0.1) is 23.7 Å². The topological polar surface area (TPSA) is 29.1 Å². The highest BCUT2D eigenvalue weighted by Gasteiger charge is 2.35. The molecule has 1 amide bonds. The Labute approximate surface area is 134 Å². The number of alkyl halides is 1. The maximum atomic E-state index is 12.5. The Morgan fingerprint density at radius 3 is 2.52 bits per heavy atom. The second-order valence-corrected chi connectivity index (χ2v) is 8.31. The van der Waals surface area contributed by atoms with E-state index >= 15 is 0 Å². The highest BCUT2D eigenvalue weighted by Crippen LogP contribution is 2.42. The van der Waals surface area contributed by atoms with Crippen LogP contribution in [0.3, 0.4) is 0 Å². The fourth-order valence-corrected chi connectivity index (χ4v) is 5.32. The minimum Gasteiger partial charge on any atom is -0.356 e. The molecular formula is C18H30ClNO. The summed E-state index contributed by atoms with van der Waals surface area (Å²) in [7, 11) is 0. The van der Waals surface area contributed by atoms with Crippen molar-refractivity contribution in [1.82, 2.24) is 5.32 Å². The molecule has 3 aliphatic rings. The fourth-order valence-electron chi connectivity index (χ4n) is 4.91. The summed E-state index contributed by atoms with van der Waals surface area (Å²) in [5, 5.41) is 3.57. The number of carbonyl (C=O) groups excluding carboxylic acids is 1. The van der Waals surface area contributed by atoms with Crippen LogP contribution in [0.5, 0.6) is 0 Å². The normalized spacial score (nSPS) is 40.3. The summed E-state index contributed by atoms with van der Waals surface area (Å²) in [6.45, 7) is 0.854. The Morgan fingerprint density at radius 2 is 1.71 bits per heavy atom. The van der Waals surface area contributed by atoms with Gasteiger partial charge in [-0.15, -0.1) is 11.6 Å². The van der Waals surface area contributed by atoms with Crippen LogP contribution in [0.4, 0.5) is 0 Å². The molecule has 120 valence electrons. The van der Waals surface area contributed by atoms with Crippen LogP contribution in [-0.4, -0.2) is 17.8 Å². The molecule has 0 spiro atoms. The highest BCUT2D eigenvalue weighted by molar-refractivity contribution is 6.20. The third-order valence-corrected chi connectivity index (χ3v) is 6.59. The Balaban J connectivity index is 1.43. The molecule has 0 aliphatic heterocycles. The zero-order valence-corrected chi connectivity index (χ0v) is 13.9. The largest absolute Gasteiger partial charge is 0.356 e. The molecular weight excluding hydrogens is 282 g/mol. The Kier molecular flexibility index (Phi) is 5.48. The molecule has 2 nitrogen and oxygen atoms in total. The van der Waals surface area contributed by atoms with Gasteiger partial charge in [0.05, 0.1) is 0 Å². The van der Waals surface area contributed by atoms with E-state index < -0.39 is 0 Å². The summed E-state index contributed by atoms with van der Waals surface area (Å²) in [6, 6.07) is 0. The summed E-state index contributed by atoms with van der Waals surface area (Å²) in [5.41, 5.74) is 0. The first-order valence-corrected chi connectivity index (χ1v) is 9.58. The first kappa shape index (κ1) is 15.6. The smallest absolute Gasteiger partial charge is 0.223 e. The molecule has 5 atom stereocenters. The molecule has 3 heteroatoms. The van der Waals surface area contributed by atoms with Crippen molar-refractivity contribution in [3.05, 3.63) is 0 Å². The van der Waals surface area contributed by atoms with Crippen molar-refractivity contribution in [3.8, 4) is 0 Å². The summed E-state index contributed by atoms with van der Waals surface area (Å²) < 4.78 is 0. The molecule has 3 aliphatic carbocycles. The maximum Gasteiger partial charge on any atom is 0.223 e. The van der Waals surface area contributed by atoms with Crippen molar-refractivity contribution < 1.29 is 4.79 Å². The molecule has 0 aromatic rings. The SMILES string of the molecule is O=C(NCC1CCCC(Cl)C1)C1CCC2CCCCC2C1. The molecule has 21 heavy (non-hydrogen) atoms. The molecule has 0 saturated heterocycles. The number of amides is 1. The van der Waals surface area contributed by atoms with E-state index in [1.54, 1.807) is 0 Å². The van der Waals surface area contributed by atoms with Gasteiger partial charge in [0.2, 0.25) is 5.91 Å². The molecule has 0 bridgehead atoms. The van der Waals surface area contributed by atoms with Crippen LogP contribution < -0.4 is 5.32 Å². The van der Waals surface area contributed by atoms with E-state index in [2.05, 4.69) is 5.32 Å². The molecule has 3 rings (SSSR count). The average molecular weight is 312 g/mol. The van der Waals surface area contributed by atoms with Gasteiger partial charge in [-0.25, -0.2) is 0 Å². The van der Waals surface area contributed by atoms with Crippen LogP contribution in [-0.2, 0) is 4.79 Å². The van der Waals surface area contributed by atoms with E-state index in [9.17, 15) is 4.79 Å². The van der Waals surface area contributed by atoms with Crippen LogP contribution in [0.2, 0.25) is 0 Å². The molecule has 3 fully saturated rings. The Hall–Kier alpha value is -0.240. The van der Waals surface area contributed by atoms with Gasteiger partial charge in [0, 0.05) is 17.8 Å². The lowest BCUT2D eigenvalue weighted by atomic mass is 9.67. The van der Waals surface area contributed by atoms with Gasteiger partial charge in [0.1, 0.15) is 0 Å². The van der Waals surface area contributed by atoms with Crippen LogP contribution >= 0.6 is 11.6 Å². The first-order valence-electron chi connectivity index (χ1n) is 9.14. The lowest BCUT2D eigenvalue weighted by Crippen LogP contribution is -2.39. The second-order valence-electron chi connectivity index (χ2n) is 7.69. The van der Waals surface area contributed by atoms with Gasteiger partial charge in [0.25, 0.3) is 0 Å². The van der Waals surface area contributed by atoms with E-state index in [0.717, 1.165) is 44.1 Å². The summed E-state index contributed by atoms with van der Waals surface area (Å²) in [5.74, 6) is 3.00. The van der Waals surface area contributed by atoms with Gasteiger partial charge < -0.3 is 5.32 Å². The van der Waals surface area contributed by atoms with E-state index in [-0.39, 0.29) is 0 Å². The van der Waals surface area contributed by atoms with Crippen molar-refractivity contribution in [2.75, 3.05) is 6.54 Å². The molecule has 3 saturated carbocycles. The van der Waals surface area contributed by atoms with Crippen LogP contribution in [0.1, 0.15) is 70.6 Å². The molecule has 0 aromatic carbocycles. The van der Waals surface area contributed by atoms with Crippen molar-refractivity contribution >= 4 is 17.5 Å². The third-order valence-electron chi connectivity index (χ3n) is 6.19. The van der Waals surface area contributed by atoms with Crippen LogP contribution in [0.15, 0.2) is 0 Å². The Bertz CT molecular complexity index is 359. The van der Waals surface area contributed by atoms with E-state index in [1.807, 2.05) is 0 Å². The van der Waals surface area contributed by atoms with Gasteiger partial charge in [-0.2, -0.15) is 0 Å². The van der Waals surface area contributed by atoms with Crippen molar-refractivity contribution in [2.45, 2.75) is 76.0 Å². The number of fused-ring (bicyclic) bond motifs is 1. The first-order chi connectivity index (χ1) is 10.2. The lowest BCUT2D eigenvalue weighted by molar-refractivity contribution is -0.127.